The van der Waals surface area contributed by atoms with Crippen LogP contribution in [0.5, 0.6) is 5.75 Å². The molecule has 0 radical (unpaired) electrons. The van der Waals surface area contributed by atoms with Gasteiger partial charge in [0.25, 0.3) is 5.78 Å². The van der Waals surface area contributed by atoms with Gasteiger partial charge in [-0.3, -0.25) is 14.5 Å². The molecule has 0 aliphatic carbocycles. The van der Waals surface area contributed by atoms with Crippen LogP contribution in [0.2, 0.25) is 0 Å². The first-order valence-corrected chi connectivity index (χ1v) is 9.92. The number of benzene rings is 2. The molecule has 1 fully saturated rings. The van der Waals surface area contributed by atoms with E-state index in [9.17, 15) is 14.7 Å². The molecule has 1 aliphatic rings. The van der Waals surface area contributed by atoms with E-state index in [1.807, 2.05) is 31.2 Å². The predicted molar refractivity (Wildman–Crippen MR) is 115 cm³/mol. The summed E-state index contributed by atoms with van der Waals surface area (Å²) in [6.45, 7) is 3.75. The number of aliphatic hydroxyl groups excluding tert-OH is 1. The van der Waals surface area contributed by atoms with Crippen molar-refractivity contribution in [1.82, 2.24) is 5.16 Å². The zero-order valence-electron chi connectivity index (χ0n) is 17.5. The molecule has 1 N–H and O–H groups in total. The molecule has 31 heavy (non-hydrogen) atoms. The van der Waals surface area contributed by atoms with Crippen molar-refractivity contribution < 1.29 is 24.0 Å². The molecular formula is C24H22N2O5. The number of ether oxygens (including phenoxy) is 1. The third kappa shape index (κ3) is 3.59. The van der Waals surface area contributed by atoms with Crippen molar-refractivity contribution in [3.05, 3.63) is 82.6 Å². The third-order valence-corrected chi connectivity index (χ3v) is 5.37. The minimum atomic E-state index is -0.836. The van der Waals surface area contributed by atoms with Crippen molar-refractivity contribution >= 4 is 23.3 Å². The van der Waals surface area contributed by atoms with E-state index in [4.69, 9.17) is 9.26 Å². The average Bonchev–Trinajstić information content (AvgIpc) is 3.34. The Morgan fingerprint density at radius 3 is 2.35 bits per heavy atom. The van der Waals surface area contributed by atoms with Gasteiger partial charge in [-0.25, -0.2) is 0 Å². The summed E-state index contributed by atoms with van der Waals surface area (Å²) in [4.78, 5) is 27.3. The smallest absolute Gasteiger partial charge is 0.301 e. The summed E-state index contributed by atoms with van der Waals surface area (Å²) in [6.07, 6.45) is 0.856. The van der Waals surface area contributed by atoms with Gasteiger partial charge in [0.1, 0.15) is 17.3 Å². The molecule has 1 amide bonds. The quantitative estimate of drug-likeness (QED) is 0.380. The first-order valence-electron chi connectivity index (χ1n) is 9.92. The zero-order chi connectivity index (χ0) is 22.1. The molecule has 1 aromatic heterocycles. The second kappa shape index (κ2) is 8.10. The molecule has 1 aliphatic heterocycles. The first-order chi connectivity index (χ1) is 14.9. The zero-order valence-corrected chi connectivity index (χ0v) is 17.5. The highest BCUT2D eigenvalue weighted by atomic mass is 16.5. The Labute approximate surface area is 179 Å². The van der Waals surface area contributed by atoms with Crippen LogP contribution in [0.4, 0.5) is 5.82 Å². The summed E-state index contributed by atoms with van der Waals surface area (Å²) in [5, 5.41) is 15.0. The number of amides is 1. The Kier molecular flexibility index (Phi) is 5.33. The molecule has 0 bridgehead atoms. The largest absolute Gasteiger partial charge is 0.507 e. The van der Waals surface area contributed by atoms with Crippen molar-refractivity contribution in [2.75, 3.05) is 12.0 Å². The van der Waals surface area contributed by atoms with Gasteiger partial charge in [0.2, 0.25) is 0 Å². The Bertz CT molecular complexity index is 1160. The minimum Gasteiger partial charge on any atom is -0.507 e. The van der Waals surface area contributed by atoms with E-state index in [1.54, 1.807) is 44.4 Å². The molecule has 7 heteroatoms. The molecule has 2 heterocycles. The standard InChI is InChI=1S/C24H22N2O5/c1-4-15-5-7-16(8-6-15)21-20(22(27)17-9-11-18(30-3)12-10-17)23(28)24(29)26(21)19-13-14(2)31-25-19/h5-13,21,27H,4H2,1-3H3/t21-/m0/s1. The van der Waals surface area contributed by atoms with Gasteiger partial charge in [0.15, 0.2) is 5.82 Å². The maximum absolute atomic E-state index is 13.0. The molecule has 2 aromatic carbocycles. The number of nitrogens with zero attached hydrogens (tertiary/aromatic N) is 2. The van der Waals surface area contributed by atoms with Crippen molar-refractivity contribution in [1.29, 1.82) is 0 Å². The third-order valence-electron chi connectivity index (χ3n) is 5.37. The number of hydrogen-bond acceptors (Lipinski definition) is 6. The molecule has 0 saturated carbocycles. The molecular weight excluding hydrogens is 396 g/mol. The number of ketones is 1. The molecule has 158 valence electrons. The van der Waals surface area contributed by atoms with Crippen LogP contribution in [0.1, 0.15) is 35.4 Å². The maximum atomic E-state index is 13.0. The number of rotatable bonds is 5. The van der Waals surface area contributed by atoms with Crippen molar-refractivity contribution in [3.8, 4) is 5.75 Å². The van der Waals surface area contributed by atoms with Crippen molar-refractivity contribution in [2.45, 2.75) is 26.3 Å². The number of hydrogen-bond donors (Lipinski definition) is 1. The second-order valence-corrected chi connectivity index (χ2v) is 7.29. The molecule has 0 unspecified atom stereocenters. The van der Waals surface area contributed by atoms with Crippen LogP contribution in [0, 0.1) is 6.92 Å². The lowest BCUT2D eigenvalue weighted by Crippen LogP contribution is -2.29. The van der Waals surface area contributed by atoms with Gasteiger partial charge in [0.05, 0.1) is 18.7 Å². The van der Waals surface area contributed by atoms with E-state index in [1.165, 1.54) is 4.90 Å². The normalized spacial score (nSPS) is 17.9. The van der Waals surface area contributed by atoms with E-state index >= 15 is 0 Å². The summed E-state index contributed by atoms with van der Waals surface area (Å²) in [6, 6.07) is 15.0. The lowest BCUT2D eigenvalue weighted by Gasteiger charge is -2.23. The van der Waals surface area contributed by atoms with Crippen molar-refractivity contribution in [2.24, 2.45) is 0 Å². The van der Waals surface area contributed by atoms with Crippen LogP contribution in [-0.2, 0) is 16.0 Å². The van der Waals surface area contributed by atoms with Crippen LogP contribution >= 0.6 is 0 Å². The highest BCUT2D eigenvalue weighted by Crippen LogP contribution is 2.42. The monoisotopic (exact) mass is 418 g/mol. The summed E-state index contributed by atoms with van der Waals surface area (Å²) < 4.78 is 10.3. The van der Waals surface area contributed by atoms with Crippen LogP contribution in [0.15, 0.2) is 64.7 Å². The number of anilines is 1. The Balaban J connectivity index is 1.90. The topological polar surface area (TPSA) is 92.9 Å². The summed E-state index contributed by atoms with van der Waals surface area (Å²) >= 11 is 0. The Morgan fingerprint density at radius 2 is 1.81 bits per heavy atom. The van der Waals surface area contributed by atoms with E-state index < -0.39 is 17.7 Å². The van der Waals surface area contributed by atoms with Crippen LogP contribution < -0.4 is 9.64 Å². The summed E-state index contributed by atoms with van der Waals surface area (Å²) in [7, 11) is 1.54. The van der Waals surface area contributed by atoms with Gasteiger partial charge in [0, 0.05) is 11.6 Å². The number of carbonyl (C=O) groups is 2. The van der Waals surface area contributed by atoms with E-state index in [2.05, 4.69) is 5.16 Å². The van der Waals surface area contributed by atoms with Gasteiger partial charge in [-0.15, -0.1) is 0 Å². The summed E-state index contributed by atoms with van der Waals surface area (Å²) in [5.74, 6) is -0.466. The number of carbonyl (C=O) groups excluding carboxylic acids is 2. The predicted octanol–water partition coefficient (Wildman–Crippen LogP) is 4.18. The first kappa shape index (κ1) is 20.4. The van der Waals surface area contributed by atoms with Crippen LogP contribution in [-0.4, -0.2) is 29.1 Å². The Morgan fingerprint density at radius 1 is 1.13 bits per heavy atom. The number of Topliss-reactive ketones (excluding diaryl/α,β-unsaturated/α-hetero) is 1. The fourth-order valence-electron chi connectivity index (χ4n) is 3.69. The highest BCUT2D eigenvalue weighted by molar-refractivity contribution is 6.51. The molecule has 4 rings (SSSR count). The fourth-order valence-corrected chi connectivity index (χ4v) is 3.69. The second-order valence-electron chi connectivity index (χ2n) is 7.29. The number of aromatic nitrogens is 1. The van der Waals surface area contributed by atoms with E-state index in [0.29, 0.717) is 22.6 Å². The fraction of sp³-hybridized carbons (Fsp3) is 0.208. The van der Waals surface area contributed by atoms with Gasteiger partial charge >= 0.3 is 5.91 Å². The summed E-state index contributed by atoms with van der Waals surface area (Å²) in [5.41, 5.74) is 2.21. The highest BCUT2D eigenvalue weighted by Gasteiger charge is 2.48. The molecule has 1 saturated heterocycles. The average molecular weight is 418 g/mol. The SMILES string of the molecule is CCc1ccc([C@H]2C(=C(O)c3ccc(OC)cc3)C(=O)C(=O)N2c2cc(C)on2)cc1. The van der Waals surface area contributed by atoms with E-state index in [0.717, 1.165) is 12.0 Å². The van der Waals surface area contributed by atoms with Crippen LogP contribution in [0.3, 0.4) is 0 Å². The Hall–Kier alpha value is -3.87. The minimum absolute atomic E-state index is 0.0000633. The lowest BCUT2D eigenvalue weighted by molar-refractivity contribution is -0.132. The molecule has 0 spiro atoms. The molecule has 1 atom stereocenters. The van der Waals surface area contributed by atoms with Gasteiger partial charge in [-0.1, -0.05) is 36.3 Å². The number of methoxy groups -OCH3 is 1. The van der Waals surface area contributed by atoms with Gasteiger partial charge < -0.3 is 14.4 Å². The van der Waals surface area contributed by atoms with Crippen LogP contribution in [0.25, 0.3) is 5.76 Å². The molecule has 3 aromatic rings. The lowest BCUT2D eigenvalue weighted by atomic mass is 9.94. The van der Waals surface area contributed by atoms with Gasteiger partial charge in [-0.2, -0.15) is 0 Å². The maximum Gasteiger partial charge on any atom is 0.301 e. The number of aryl methyl sites for hydroxylation is 2. The van der Waals surface area contributed by atoms with Crippen molar-refractivity contribution in [3.63, 3.8) is 0 Å². The van der Waals surface area contributed by atoms with E-state index in [-0.39, 0.29) is 17.2 Å². The van der Waals surface area contributed by atoms with Gasteiger partial charge in [-0.05, 0) is 48.7 Å². The number of aliphatic hydroxyl groups is 1. The molecule has 7 nitrogen and oxygen atoms in total.